The van der Waals surface area contributed by atoms with Crippen molar-refractivity contribution in [2.75, 3.05) is 11.1 Å². The van der Waals surface area contributed by atoms with Crippen molar-refractivity contribution in [3.63, 3.8) is 0 Å². The number of nitrogen functional groups attached to an aromatic ring is 1. The van der Waals surface area contributed by atoms with Gasteiger partial charge in [-0.3, -0.25) is 4.98 Å². The van der Waals surface area contributed by atoms with Gasteiger partial charge in [-0.1, -0.05) is 6.07 Å². The van der Waals surface area contributed by atoms with Gasteiger partial charge in [0.1, 0.15) is 0 Å². The van der Waals surface area contributed by atoms with Crippen LogP contribution in [-0.2, 0) is 0 Å². The molecule has 15 heavy (non-hydrogen) atoms. The van der Waals surface area contributed by atoms with Gasteiger partial charge in [0.25, 0.3) is 0 Å². The van der Waals surface area contributed by atoms with E-state index >= 15 is 0 Å². The first-order valence-corrected chi connectivity index (χ1v) is 5.65. The van der Waals surface area contributed by atoms with Gasteiger partial charge in [-0.05, 0) is 24.4 Å². The molecule has 3 N–H and O–H groups in total. The van der Waals surface area contributed by atoms with Gasteiger partial charge in [0.05, 0.1) is 23.6 Å². The third-order valence-electron chi connectivity index (χ3n) is 2.19. The van der Waals surface area contributed by atoms with Crippen LogP contribution in [0.5, 0.6) is 0 Å². The average Bonchev–Trinajstić information content (AvgIpc) is 2.74. The number of nitrogens with one attached hydrogen (secondary N) is 1. The number of pyridine rings is 1. The summed E-state index contributed by atoms with van der Waals surface area (Å²) in [6.07, 6.45) is 3.39. The van der Waals surface area contributed by atoms with Crippen molar-refractivity contribution in [2.45, 2.75) is 13.0 Å². The summed E-state index contributed by atoms with van der Waals surface area (Å²) >= 11 is 1.74. The van der Waals surface area contributed by atoms with Crippen LogP contribution in [0.4, 0.5) is 11.4 Å². The van der Waals surface area contributed by atoms with E-state index in [1.165, 1.54) is 4.88 Å². The lowest BCUT2D eigenvalue weighted by molar-refractivity contribution is 0.908. The lowest BCUT2D eigenvalue weighted by Crippen LogP contribution is -2.06. The van der Waals surface area contributed by atoms with E-state index in [0.717, 1.165) is 5.69 Å². The number of anilines is 2. The van der Waals surface area contributed by atoms with Crippen molar-refractivity contribution < 1.29 is 0 Å². The molecule has 2 rings (SSSR count). The highest BCUT2D eigenvalue weighted by atomic mass is 32.1. The fourth-order valence-electron chi connectivity index (χ4n) is 1.38. The Balaban J connectivity index is 2.13. The van der Waals surface area contributed by atoms with Crippen LogP contribution in [0.25, 0.3) is 0 Å². The maximum absolute atomic E-state index is 5.80. The van der Waals surface area contributed by atoms with Gasteiger partial charge in [0.15, 0.2) is 0 Å². The molecule has 0 aliphatic heterocycles. The molecule has 0 fully saturated rings. The van der Waals surface area contributed by atoms with Gasteiger partial charge in [-0.15, -0.1) is 11.3 Å². The zero-order chi connectivity index (χ0) is 10.7. The maximum atomic E-state index is 5.80. The standard InChI is InChI=1S/C11H13N3S/c1-8(11-3-2-6-15-11)14-10-4-5-13-7-9(10)12/h2-8H,12H2,1H3,(H,13,14). The van der Waals surface area contributed by atoms with Crippen LogP contribution in [0.15, 0.2) is 36.0 Å². The highest BCUT2D eigenvalue weighted by Gasteiger charge is 2.07. The SMILES string of the molecule is CC(Nc1ccncc1N)c1cccs1. The van der Waals surface area contributed by atoms with Gasteiger partial charge in [-0.25, -0.2) is 0 Å². The average molecular weight is 219 g/mol. The highest BCUT2D eigenvalue weighted by molar-refractivity contribution is 7.10. The zero-order valence-corrected chi connectivity index (χ0v) is 9.29. The number of hydrogen-bond donors (Lipinski definition) is 2. The first-order chi connectivity index (χ1) is 7.27. The molecule has 2 aromatic heterocycles. The Morgan fingerprint density at radius 2 is 2.33 bits per heavy atom. The van der Waals surface area contributed by atoms with E-state index in [4.69, 9.17) is 5.73 Å². The third kappa shape index (κ3) is 2.27. The molecule has 0 aliphatic carbocycles. The van der Waals surface area contributed by atoms with Crippen molar-refractivity contribution in [1.29, 1.82) is 0 Å². The predicted molar refractivity (Wildman–Crippen MR) is 65.0 cm³/mol. The summed E-state index contributed by atoms with van der Waals surface area (Å²) in [7, 11) is 0. The summed E-state index contributed by atoms with van der Waals surface area (Å²) < 4.78 is 0. The van der Waals surface area contributed by atoms with Crippen molar-refractivity contribution >= 4 is 22.7 Å². The van der Waals surface area contributed by atoms with E-state index in [1.54, 1.807) is 23.7 Å². The van der Waals surface area contributed by atoms with Gasteiger partial charge in [0, 0.05) is 11.1 Å². The number of thiophene rings is 1. The van der Waals surface area contributed by atoms with Crippen LogP contribution >= 0.6 is 11.3 Å². The molecule has 1 unspecified atom stereocenters. The summed E-state index contributed by atoms with van der Waals surface area (Å²) in [5.41, 5.74) is 7.42. The summed E-state index contributed by atoms with van der Waals surface area (Å²) in [5, 5.41) is 5.43. The van der Waals surface area contributed by atoms with E-state index in [1.807, 2.05) is 12.1 Å². The van der Waals surface area contributed by atoms with Crippen LogP contribution in [0.2, 0.25) is 0 Å². The molecule has 2 aromatic rings. The second kappa shape index (κ2) is 4.31. The molecule has 1 atom stereocenters. The molecule has 0 saturated carbocycles. The summed E-state index contributed by atoms with van der Waals surface area (Å²) in [6.45, 7) is 2.12. The quantitative estimate of drug-likeness (QED) is 0.834. The number of nitrogens with two attached hydrogens (primary N) is 1. The fourth-order valence-corrected chi connectivity index (χ4v) is 2.11. The Morgan fingerprint density at radius 1 is 1.47 bits per heavy atom. The van der Waals surface area contributed by atoms with Crippen molar-refractivity contribution in [2.24, 2.45) is 0 Å². The first-order valence-electron chi connectivity index (χ1n) is 4.77. The fraction of sp³-hybridized carbons (Fsp3) is 0.182. The number of aromatic nitrogens is 1. The molecule has 3 nitrogen and oxygen atoms in total. The largest absolute Gasteiger partial charge is 0.396 e. The van der Waals surface area contributed by atoms with Crippen molar-refractivity contribution in [3.05, 3.63) is 40.8 Å². The molecular weight excluding hydrogens is 206 g/mol. The predicted octanol–water partition coefficient (Wildman–Crippen LogP) is 2.90. The van der Waals surface area contributed by atoms with Gasteiger partial charge in [-0.2, -0.15) is 0 Å². The Bertz CT molecular complexity index is 425. The lowest BCUT2D eigenvalue weighted by Gasteiger charge is -2.14. The maximum Gasteiger partial charge on any atom is 0.0736 e. The summed E-state index contributed by atoms with van der Waals surface area (Å²) in [5.74, 6) is 0. The van der Waals surface area contributed by atoms with Gasteiger partial charge >= 0.3 is 0 Å². The summed E-state index contributed by atoms with van der Waals surface area (Å²) in [6, 6.07) is 6.32. The van der Waals surface area contributed by atoms with Crippen LogP contribution < -0.4 is 11.1 Å². The Morgan fingerprint density at radius 3 is 3.00 bits per heavy atom. The molecule has 0 radical (unpaired) electrons. The summed E-state index contributed by atoms with van der Waals surface area (Å²) in [4.78, 5) is 5.25. The molecular formula is C11H13N3S. The topological polar surface area (TPSA) is 50.9 Å². The van der Waals surface area contributed by atoms with E-state index in [2.05, 4.69) is 28.7 Å². The Kier molecular flexibility index (Phi) is 2.87. The third-order valence-corrected chi connectivity index (χ3v) is 3.25. The number of hydrogen-bond acceptors (Lipinski definition) is 4. The molecule has 0 saturated heterocycles. The molecule has 0 amide bonds. The molecule has 78 valence electrons. The van der Waals surface area contributed by atoms with Crippen molar-refractivity contribution in [3.8, 4) is 0 Å². The highest BCUT2D eigenvalue weighted by Crippen LogP contribution is 2.25. The zero-order valence-electron chi connectivity index (χ0n) is 8.47. The molecule has 0 aromatic carbocycles. The minimum atomic E-state index is 0.273. The van der Waals surface area contributed by atoms with E-state index in [0.29, 0.717) is 5.69 Å². The first kappa shape index (κ1) is 9.98. The van der Waals surface area contributed by atoms with Crippen LogP contribution in [0, 0.1) is 0 Å². The van der Waals surface area contributed by atoms with E-state index in [-0.39, 0.29) is 6.04 Å². The Labute approximate surface area is 93.0 Å². The minimum absolute atomic E-state index is 0.273. The number of nitrogens with zero attached hydrogens (tertiary/aromatic N) is 1. The second-order valence-electron chi connectivity index (χ2n) is 3.34. The van der Waals surface area contributed by atoms with Gasteiger partial charge < -0.3 is 11.1 Å². The van der Waals surface area contributed by atoms with Crippen LogP contribution in [-0.4, -0.2) is 4.98 Å². The smallest absolute Gasteiger partial charge is 0.0736 e. The second-order valence-corrected chi connectivity index (χ2v) is 4.32. The van der Waals surface area contributed by atoms with Crippen LogP contribution in [0.3, 0.4) is 0 Å². The lowest BCUT2D eigenvalue weighted by atomic mass is 10.2. The molecule has 2 heterocycles. The minimum Gasteiger partial charge on any atom is -0.396 e. The normalized spacial score (nSPS) is 12.3. The van der Waals surface area contributed by atoms with Gasteiger partial charge in [0.2, 0.25) is 0 Å². The molecule has 0 aliphatic rings. The van der Waals surface area contributed by atoms with Crippen LogP contribution in [0.1, 0.15) is 17.8 Å². The molecule has 0 bridgehead atoms. The van der Waals surface area contributed by atoms with E-state index in [9.17, 15) is 0 Å². The Hall–Kier alpha value is -1.55. The molecule has 4 heteroatoms. The monoisotopic (exact) mass is 219 g/mol. The number of rotatable bonds is 3. The van der Waals surface area contributed by atoms with E-state index < -0.39 is 0 Å². The molecule has 0 spiro atoms. The van der Waals surface area contributed by atoms with Crippen molar-refractivity contribution in [1.82, 2.24) is 4.98 Å².